The molecule has 1 N–H and O–H groups in total. The van der Waals surface area contributed by atoms with Crippen LogP contribution in [0.15, 0.2) is 52.6 Å². The van der Waals surface area contributed by atoms with E-state index in [0.29, 0.717) is 12.4 Å². The normalized spacial score (nSPS) is 14.5. The van der Waals surface area contributed by atoms with Gasteiger partial charge in [0.25, 0.3) is 5.91 Å². The first kappa shape index (κ1) is 14.6. The summed E-state index contributed by atoms with van der Waals surface area (Å²) in [5.74, 6) is 0.531. The third-order valence-electron chi connectivity index (χ3n) is 3.87. The van der Waals surface area contributed by atoms with Crippen molar-refractivity contribution in [2.75, 3.05) is 6.54 Å². The number of carbonyl (C=O) groups excluding carboxylic acids is 1. The SMILES string of the molecule is O=C(NCCC1=CCCCC1)c1cnc(-c2ccccc2)o1. The molecule has 3 rings (SSSR count). The maximum atomic E-state index is 12.1. The molecule has 0 radical (unpaired) electrons. The van der Waals surface area contributed by atoms with Crippen molar-refractivity contribution < 1.29 is 9.21 Å². The molecule has 4 heteroatoms. The zero-order chi connectivity index (χ0) is 15.2. The van der Waals surface area contributed by atoms with Crippen LogP contribution in [0.3, 0.4) is 0 Å². The van der Waals surface area contributed by atoms with Gasteiger partial charge in [0.2, 0.25) is 11.7 Å². The Bertz CT molecular complexity index is 659. The number of rotatable bonds is 5. The maximum absolute atomic E-state index is 12.1. The number of oxazole rings is 1. The van der Waals surface area contributed by atoms with E-state index in [9.17, 15) is 4.79 Å². The molecule has 1 aromatic carbocycles. The van der Waals surface area contributed by atoms with Crippen LogP contribution in [0.4, 0.5) is 0 Å². The van der Waals surface area contributed by atoms with E-state index >= 15 is 0 Å². The van der Waals surface area contributed by atoms with Gasteiger partial charge in [0, 0.05) is 12.1 Å². The van der Waals surface area contributed by atoms with Gasteiger partial charge in [-0.25, -0.2) is 4.98 Å². The summed E-state index contributed by atoms with van der Waals surface area (Å²) in [5, 5.41) is 2.90. The average Bonchev–Trinajstić information content (AvgIpc) is 3.07. The van der Waals surface area contributed by atoms with E-state index in [1.807, 2.05) is 30.3 Å². The highest BCUT2D eigenvalue weighted by Crippen LogP contribution is 2.20. The van der Waals surface area contributed by atoms with Crippen molar-refractivity contribution in [3.8, 4) is 11.5 Å². The van der Waals surface area contributed by atoms with Gasteiger partial charge in [0.1, 0.15) is 0 Å². The quantitative estimate of drug-likeness (QED) is 0.850. The van der Waals surface area contributed by atoms with E-state index in [4.69, 9.17) is 4.42 Å². The second-order valence-corrected chi connectivity index (χ2v) is 5.51. The van der Waals surface area contributed by atoms with Crippen LogP contribution in [0.2, 0.25) is 0 Å². The third kappa shape index (κ3) is 3.64. The van der Waals surface area contributed by atoms with E-state index in [1.54, 1.807) is 0 Å². The van der Waals surface area contributed by atoms with E-state index in [1.165, 1.54) is 31.0 Å². The molecule has 0 aliphatic heterocycles. The van der Waals surface area contributed by atoms with Gasteiger partial charge < -0.3 is 9.73 Å². The third-order valence-corrected chi connectivity index (χ3v) is 3.87. The maximum Gasteiger partial charge on any atom is 0.288 e. The Morgan fingerprint density at radius 1 is 1.23 bits per heavy atom. The molecule has 2 aromatic rings. The van der Waals surface area contributed by atoms with E-state index in [0.717, 1.165) is 18.4 Å². The number of carbonyl (C=O) groups is 1. The highest BCUT2D eigenvalue weighted by atomic mass is 16.4. The smallest absolute Gasteiger partial charge is 0.288 e. The second kappa shape index (κ2) is 7.07. The summed E-state index contributed by atoms with van der Waals surface area (Å²) >= 11 is 0. The minimum atomic E-state index is -0.203. The van der Waals surface area contributed by atoms with E-state index < -0.39 is 0 Å². The zero-order valence-electron chi connectivity index (χ0n) is 12.5. The summed E-state index contributed by atoms with van der Waals surface area (Å²) in [4.78, 5) is 16.2. The fourth-order valence-corrected chi connectivity index (χ4v) is 2.65. The summed E-state index contributed by atoms with van der Waals surface area (Å²) in [7, 11) is 0. The fourth-order valence-electron chi connectivity index (χ4n) is 2.65. The van der Waals surface area contributed by atoms with Crippen molar-refractivity contribution in [1.29, 1.82) is 0 Å². The lowest BCUT2D eigenvalue weighted by molar-refractivity contribution is 0.0927. The molecule has 0 spiro atoms. The number of amides is 1. The molecular weight excluding hydrogens is 276 g/mol. The first-order valence-corrected chi connectivity index (χ1v) is 7.80. The van der Waals surface area contributed by atoms with Crippen molar-refractivity contribution in [2.24, 2.45) is 0 Å². The van der Waals surface area contributed by atoms with Gasteiger partial charge in [-0.15, -0.1) is 0 Å². The van der Waals surface area contributed by atoms with Crippen LogP contribution < -0.4 is 5.32 Å². The lowest BCUT2D eigenvalue weighted by atomic mass is 9.97. The molecule has 114 valence electrons. The van der Waals surface area contributed by atoms with Gasteiger partial charge >= 0.3 is 0 Å². The van der Waals surface area contributed by atoms with Crippen LogP contribution in [0, 0.1) is 0 Å². The molecule has 0 unspecified atom stereocenters. The van der Waals surface area contributed by atoms with Crippen molar-refractivity contribution in [1.82, 2.24) is 10.3 Å². The molecule has 4 nitrogen and oxygen atoms in total. The van der Waals surface area contributed by atoms with Crippen molar-refractivity contribution in [3.05, 3.63) is 53.9 Å². The molecule has 1 aromatic heterocycles. The van der Waals surface area contributed by atoms with Gasteiger partial charge in [-0.3, -0.25) is 4.79 Å². The van der Waals surface area contributed by atoms with Crippen molar-refractivity contribution >= 4 is 5.91 Å². The molecule has 0 bridgehead atoms. The Kier molecular flexibility index (Phi) is 4.68. The summed E-state index contributed by atoms with van der Waals surface area (Å²) in [6.07, 6.45) is 9.60. The lowest BCUT2D eigenvalue weighted by Gasteiger charge is -2.12. The van der Waals surface area contributed by atoms with Crippen molar-refractivity contribution in [3.63, 3.8) is 0 Å². The van der Waals surface area contributed by atoms with Gasteiger partial charge in [0.05, 0.1) is 6.20 Å². The first-order chi connectivity index (χ1) is 10.8. The predicted molar refractivity (Wildman–Crippen MR) is 85.4 cm³/mol. The number of hydrogen-bond donors (Lipinski definition) is 1. The summed E-state index contributed by atoms with van der Waals surface area (Å²) < 4.78 is 5.54. The van der Waals surface area contributed by atoms with E-state index in [-0.39, 0.29) is 11.7 Å². The zero-order valence-corrected chi connectivity index (χ0v) is 12.5. The van der Waals surface area contributed by atoms with Crippen LogP contribution in [0.5, 0.6) is 0 Å². The Balaban J connectivity index is 1.54. The molecule has 22 heavy (non-hydrogen) atoms. The molecule has 0 fully saturated rings. The number of allylic oxidation sites excluding steroid dienone is 1. The largest absolute Gasteiger partial charge is 0.431 e. The molecule has 1 amide bonds. The number of hydrogen-bond acceptors (Lipinski definition) is 3. The molecular formula is C18H20N2O2. The summed E-state index contributed by atoms with van der Waals surface area (Å²) in [6, 6.07) is 9.57. The molecule has 1 aliphatic rings. The van der Waals surface area contributed by atoms with Crippen LogP contribution >= 0.6 is 0 Å². The molecule has 0 atom stereocenters. The minimum absolute atomic E-state index is 0.203. The fraction of sp³-hybridized carbons (Fsp3) is 0.333. The van der Waals surface area contributed by atoms with Crippen LogP contribution in [0.25, 0.3) is 11.5 Å². The molecule has 1 heterocycles. The molecule has 0 saturated heterocycles. The van der Waals surface area contributed by atoms with Crippen LogP contribution in [-0.4, -0.2) is 17.4 Å². The Hall–Kier alpha value is -2.36. The summed E-state index contributed by atoms with van der Waals surface area (Å²) in [5.41, 5.74) is 2.32. The molecule has 0 saturated carbocycles. The number of benzene rings is 1. The van der Waals surface area contributed by atoms with Crippen LogP contribution in [0.1, 0.15) is 42.7 Å². The van der Waals surface area contributed by atoms with E-state index in [2.05, 4.69) is 16.4 Å². The summed E-state index contributed by atoms with van der Waals surface area (Å²) in [6.45, 7) is 0.645. The van der Waals surface area contributed by atoms with Gasteiger partial charge in [0.15, 0.2) is 0 Å². The number of nitrogens with one attached hydrogen (secondary N) is 1. The van der Waals surface area contributed by atoms with Gasteiger partial charge in [-0.2, -0.15) is 0 Å². The Morgan fingerprint density at radius 2 is 2.09 bits per heavy atom. The van der Waals surface area contributed by atoms with Crippen molar-refractivity contribution in [2.45, 2.75) is 32.1 Å². The van der Waals surface area contributed by atoms with Gasteiger partial charge in [-0.05, 0) is 44.2 Å². The lowest BCUT2D eigenvalue weighted by Crippen LogP contribution is -2.24. The minimum Gasteiger partial charge on any atom is -0.431 e. The van der Waals surface area contributed by atoms with Crippen LogP contribution in [-0.2, 0) is 0 Å². The Labute approximate surface area is 130 Å². The average molecular weight is 296 g/mol. The highest BCUT2D eigenvalue weighted by Gasteiger charge is 2.13. The number of nitrogens with zero attached hydrogens (tertiary/aromatic N) is 1. The monoisotopic (exact) mass is 296 g/mol. The highest BCUT2D eigenvalue weighted by molar-refractivity contribution is 5.91. The number of aromatic nitrogens is 1. The molecule has 1 aliphatic carbocycles. The second-order valence-electron chi connectivity index (χ2n) is 5.51. The van der Waals surface area contributed by atoms with Gasteiger partial charge in [-0.1, -0.05) is 29.8 Å². The first-order valence-electron chi connectivity index (χ1n) is 7.80. The standard InChI is InChI=1S/C18H20N2O2/c21-17(19-12-11-14-7-3-1-4-8-14)16-13-20-18(22-16)15-9-5-2-6-10-15/h2,5-7,9-10,13H,1,3-4,8,11-12H2,(H,19,21). The topological polar surface area (TPSA) is 55.1 Å². The predicted octanol–water partition coefficient (Wildman–Crippen LogP) is 3.96. The Morgan fingerprint density at radius 3 is 2.86 bits per heavy atom.